The van der Waals surface area contributed by atoms with Crippen LogP contribution < -0.4 is 0 Å². The molecule has 3 aromatic carbocycles. The molecule has 0 saturated heterocycles. The minimum atomic E-state index is 0.291. The van der Waals surface area contributed by atoms with Crippen molar-refractivity contribution in [3.05, 3.63) is 108 Å². The molecule has 0 bridgehead atoms. The van der Waals surface area contributed by atoms with E-state index in [9.17, 15) is 5.11 Å². The van der Waals surface area contributed by atoms with Crippen LogP contribution in [0.5, 0.6) is 5.75 Å². The van der Waals surface area contributed by atoms with Crippen molar-refractivity contribution >= 4 is 11.6 Å². The molecule has 5 rings (SSSR count). The zero-order valence-corrected chi connectivity index (χ0v) is 16.7. The Morgan fingerprint density at radius 1 is 0.733 bits per heavy atom. The van der Waals surface area contributed by atoms with Gasteiger partial charge in [-0.1, -0.05) is 66.7 Å². The van der Waals surface area contributed by atoms with Crippen LogP contribution in [0.25, 0.3) is 34.1 Å². The minimum absolute atomic E-state index is 0.291. The maximum absolute atomic E-state index is 10.3. The first-order valence-electron chi connectivity index (χ1n) is 10.4. The van der Waals surface area contributed by atoms with E-state index in [-0.39, 0.29) is 0 Å². The third kappa shape index (κ3) is 3.53. The van der Waals surface area contributed by atoms with Crippen LogP contribution in [0.2, 0.25) is 0 Å². The van der Waals surface area contributed by atoms with Crippen molar-refractivity contribution in [2.45, 2.75) is 19.3 Å². The molecule has 1 heterocycles. The predicted molar refractivity (Wildman–Crippen MR) is 123 cm³/mol. The van der Waals surface area contributed by atoms with Crippen molar-refractivity contribution < 1.29 is 9.52 Å². The average molecular weight is 391 g/mol. The van der Waals surface area contributed by atoms with E-state index in [0.29, 0.717) is 5.75 Å². The first-order valence-corrected chi connectivity index (χ1v) is 10.4. The molecule has 2 heteroatoms. The van der Waals surface area contributed by atoms with Gasteiger partial charge in [0.25, 0.3) is 0 Å². The summed E-state index contributed by atoms with van der Waals surface area (Å²) in [6, 6.07) is 30.4. The van der Waals surface area contributed by atoms with Gasteiger partial charge in [-0.25, -0.2) is 4.42 Å². The van der Waals surface area contributed by atoms with Crippen molar-refractivity contribution in [2.24, 2.45) is 0 Å². The average Bonchev–Trinajstić information content (AvgIpc) is 2.81. The van der Waals surface area contributed by atoms with Gasteiger partial charge in [0.2, 0.25) is 0 Å². The molecule has 0 aliphatic heterocycles. The maximum atomic E-state index is 10.3. The second-order valence-electron chi connectivity index (χ2n) is 7.65. The van der Waals surface area contributed by atoms with E-state index in [1.807, 2.05) is 42.5 Å². The Labute approximate surface area is 176 Å². The standard InChI is InChI=1S/C28H22O2/c29-26-17-8-7-14-22(26)18-23-15-9-16-24-25(20-10-3-1-4-11-20)19-27(30-28(23)24)21-12-5-2-6-13-21/h1-8,10-14,17-19H,9,15-16H2/p+1/b23-18-. The molecular weight excluding hydrogens is 368 g/mol. The van der Waals surface area contributed by atoms with Crippen LogP contribution in [0.15, 0.2) is 95.4 Å². The number of para-hydroxylation sites is 1. The highest BCUT2D eigenvalue weighted by molar-refractivity contribution is 5.86. The summed E-state index contributed by atoms with van der Waals surface area (Å²) in [6.07, 6.45) is 5.04. The third-order valence-corrected chi connectivity index (χ3v) is 5.66. The molecule has 0 atom stereocenters. The summed E-state index contributed by atoms with van der Waals surface area (Å²) < 4.78 is 6.52. The van der Waals surface area contributed by atoms with E-state index < -0.39 is 0 Å². The Morgan fingerprint density at radius 2 is 1.40 bits per heavy atom. The smallest absolute Gasteiger partial charge is 0.361 e. The molecule has 1 N–H and O–H groups in total. The third-order valence-electron chi connectivity index (χ3n) is 5.66. The second-order valence-corrected chi connectivity index (χ2v) is 7.65. The highest BCUT2D eigenvalue weighted by Gasteiger charge is 2.31. The summed E-state index contributed by atoms with van der Waals surface area (Å²) in [5.74, 6) is 2.09. The van der Waals surface area contributed by atoms with Crippen LogP contribution in [-0.4, -0.2) is 5.11 Å². The minimum Gasteiger partial charge on any atom is -0.507 e. The molecule has 30 heavy (non-hydrogen) atoms. The van der Waals surface area contributed by atoms with Crippen LogP contribution in [0.4, 0.5) is 0 Å². The Kier molecular flexibility index (Phi) is 4.90. The summed E-state index contributed by atoms with van der Waals surface area (Å²) >= 11 is 0. The number of phenolic OH excluding ortho intramolecular Hbond substituents is 1. The zero-order chi connectivity index (χ0) is 20.3. The van der Waals surface area contributed by atoms with Gasteiger partial charge in [0.05, 0.1) is 22.8 Å². The van der Waals surface area contributed by atoms with E-state index in [0.717, 1.165) is 47.5 Å². The van der Waals surface area contributed by atoms with Crippen molar-refractivity contribution in [3.8, 4) is 28.2 Å². The maximum Gasteiger partial charge on any atom is 0.361 e. The molecular formula is C28H23O2+. The molecule has 0 unspecified atom stereocenters. The van der Waals surface area contributed by atoms with Gasteiger partial charge in [-0.15, -0.1) is 0 Å². The number of benzene rings is 3. The van der Waals surface area contributed by atoms with E-state index in [1.54, 1.807) is 6.07 Å². The summed E-state index contributed by atoms with van der Waals surface area (Å²) in [7, 11) is 0. The summed E-state index contributed by atoms with van der Waals surface area (Å²) in [4.78, 5) is 0. The fourth-order valence-corrected chi connectivity index (χ4v) is 4.17. The molecule has 0 radical (unpaired) electrons. The molecule has 146 valence electrons. The number of allylic oxidation sites excluding steroid dienone is 1. The largest absolute Gasteiger partial charge is 0.507 e. The van der Waals surface area contributed by atoms with Crippen molar-refractivity contribution in [1.82, 2.24) is 0 Å². The lowest BCUT2D eigenvalue weighted by molar-refractivity contribution is 0.474. The number of hydrogen-bond donors (Lipinski definition) is 1. The Balaban J connectivity index is 1.74. The van der Waals surface area contributed by atoms with E-state index in [4.69, 9.17) is 4.42 Å². The fourth-order valence-electron chi connectivity index (χ4n) is 4.17. The van der Waals surface area contributed by atoms with Gasteiger partial charge in [0.1, 0.15) is 5.75 Å². The van der Waals surface area contributed by atoms with Crippen LogP contribution in [0, 0.1) is 0 Å². The quantitative estimate of drug-likeness (QED) is 0.367. The first-order chi connectivity index (χ1) is 14.8. The predicted octanol–water partition coefficient (Wildman–Crippen LogP) is 7.48. The lowest BCUT2D eigenvalue weighted by atomic mass is 9.86. The number of aromatic hydroxyl groups is 1. The van der Waals surface area contributed by atoms with Crippen LogP contribution in [-0.2, 0) is 6.42 Å². The van der Waals surface area contributed by atoms with Gasteiger partial charge < -0.3 is 5.11 Å². The topological polar surface area (TPSA) is 31.5 Å². The van der Waals surface area contributed by atoms with Crippen molar-refractivity contribution in [3.63, 3.8) is 0 Å². The number of fused-ring (bicyclic) bond motifs is 1. The second kappa shape index (κ2) is 8.00. The van der Waals surface area contributed by atoms with Gasteiger partial charge in [0, 0.05) is 11.1 Å². The van der Waals surface area contributed by atoms with Crippen molar-refractivity contribution in [2.75, 3.05) is 0 Å². The molecule has 0 fully saturated rings. The summed E-state index contributed by atoms with van der Waals surface area (Å²) in [5, 5.41) is 10.3. The number of rotatable bonds is 3. The summed E-state index contributed by atoms with van der Waals surface area (Å²) in [6.45, 7) is 0. The Morgan fingerprint density at radius 3 is 2.13 bits per heavy atom. The fraction of sp³-hybridized carbons (Fsp3) is 0.107. The molecule has 1 aliphatic rings. The van der Waals surface area contributed by atoms with Crippen LogP contribution >= 0.6 is 0 Å². The highest BCUT2D eigenvalue weighted by atomic mass is 16.3. The number of phenols is 1. The van der Waals surface area contributed by atoms with Gasteiger partial charge >= 0.3 is 11.5 Å². The van der Waals surface area contributed by atoms with Gasteiger partial charge in [0.15, 0.2) is 0 Å². The van der Waals surface area contributed by atoms with Crippen molar-refractivity contribution in [1.29, 1.82) is 0 Å². The SMILES string of the molecule is Oc1ccccc1/C=C1/CCCc2c(-c3ccccc3)cc(-c3ccccc3)[o+]c21. The molecule has 0 amide bonds. The monoisotopic (exact) mass is 391 g/mol. The molecule has 0 spiro atoms. The van der Waals surface area contributed by atoms with Crippen LogP contribution in [0.3, 0.4) is 0 Å². The lowest BCUT2D eigenvalue weighted by Gasteiger charge is -2.16. The van der Waals surface area contributed by atoms with E-state index >= 15 is 0 Å². The first kappa shape index (κ1) is 18.4. The zero-order valence-electron chi connectivity index (χ0n) is 16.7. The van der Waals surface area contributed by atoms with Crippen LogP contribution in [0.1, 0.15) is 29.7 Å². The van der Waals surface area contributed by atoms with E-state index in [1.165, 1.54) is 16.7 Å². The molecule has 4 aromatic rings. The molecule has 2 nitrogen and oxygen atoms in total. The number of hydrogen-bond acceptors (Lipinski definition) is 1. The lowest BCUT2D eigenvalue weighted by Crippen LogP contribution is -2.05. The Bertz CT molecular complexity index is 1210. The Hall–Kier alpha value is -3.65. The van der Waals surface area contributed by atoms with Gasteiger partial charge in [-0.3, -0.25) is 0 Å². The molecule has 0 saturated carbocycles. The highest BCUT2D eigenvalue weighted by Crippen LogP contribution is 2.41. The molecule has 1 aromatic heterocycles. The molecule has 1 aliphatic carbocycles. The summed E-state index contributed by atoms with van der Waals surface area (Å²) in [5.41, 5.74) is 6.68. The van der Waals surface area contributed by atoms with Gasteiger partial charge in [-0.05, 0) is 49.1 Å². The normalized spacial score (nSPS) is 14.5. The van der Waals surface area contributed by atoms with Gasteiger partial charge in [-0.2, -0.15) is 0 Å². The van der Waals surface area contributed by atoms with E-state index in [2.05, 4.69) is 48.5 Å².